The summed E-state index contributed by atoms with van der Waals surface area (Å²) in [7, 11) is 0. The summed E-state index contributed by atoms with van der Waals surface area (Å²) in [6.45, 7) is 2.43. The first-order valence-corrected chi connectivity index (χ1v) is 8.11. The summed E-state index contributed by atoms with van der Waals surface area (Å²) in [6, 6.07) is 3.29. The highest BCUT2D eigenvalue weighted by atomic mass is 79.9. The zero-order valence-electron chi connectivity index (χ0n) is 12.4. The van der Waals surface area contributed by atoms with E-state index in [9.17, 15) is 4.79 Å². The minimum absolute atomic E-state index is 0.256. The molecular weight excluding hydrogens is 364 g/mol. The Morgan fingerprint density at radius 2 is 2.09 bits per heavy atom. The van der Waals surface area contributed by atoms with Crippen LogP contribution in [0, 0.1) is 0 Å². The quantitative estimate of drug-likeness (QED) is 0.781. The van der Waals surface area contributed by atoms with Gasteiger partial charge < -0.3 is 24.7 Å². The molecule has 0 unspecified atom stereocenters. The molecule has 0 saturated heterocycles. The van der Waals surface area contributed by atoms with Gasteiger partial charge >= 0.3 is 6.03 Å². The Hall–Kier alpha value is -2.22. The van der Waals surface area contributed by atoms with Gasteiger partial charge in [0.1, 0.15) is 13.2 Å². The maximum atomic E-state index is 12.0. The molecule has 122 valence electrons. The number of fused-ring (bicyclic) bond motifs is 1. The van der Waals surface area contributed by atoms with Crippen molar-refractivity contribution in [3.8, 4) is 11.5 Å². The largest absolute Gasteiger partial charge is 0.486 e. The zero-order valence-corrected chi connectivity index (χ0v) is 14.0. The summed E-state index contributed by atoms with van der Waals surface area (Å²) in [5.41, 5.74) is 0.640. The van der Waals surface area contributed by atoms with Crippen molar-refractivity contribution < 1.29 is 14.3 Å². The molecule has 2 amide bonds. The second-order valence-electron chi connectivity index (χ2n) is 5.01. The van der Waals surface area contributed by atoms with Gasteiger partial charge in [-0.15, -0.1) is 0 Å². The number of nitrogens with zero attached hydrogens (tertiary/aromatic N) is 2. The highest BCUT2D eigenvalue weighted by Crippen LogP contribution is 2.38. The number of ether oxygens (including phenoxy) is 2. The Morgan fingerprint density at radius 1 is 1.30 bits per heavy atom. The van der Waals surface area contributed by atoms with E-state index in [4.69, 9.17) is 9.47 Å². The van der Waals surface area contributed by atoms with Gasteiger partial charge in [0, 0.05) is 42.1 Å². The van der Waals surface area contributed by atoms with E-state index >= 15 is 0 Å². The maximum absolute atomic E-state index is 12.0. The van der Waals surface area contributed by atoms with Crippen LogP contribution in [0.4, 0.5) is 10.5 Å². The number of hydrogen-bond donors (Lipinski definition) is 2. The van der Waals surface area contributed by atoms with Crippen molar-refractivity contribution in [2.75, 3.05) is 25.1 Å². The van der Waals surface area contributed by atoms with Crippen LogP contribution >= 0.6 is 15.9 Å². The van der Waals surface area contributed by atoms with Crippen LogP contribution in [0.15, 0.2) is 35.3 Å². The van der Waals surface area contributed by atoms with Crippen molar-refractivity contribution in [3.63, 3.8) is 0 Å². The fraction of sp³-hybridized carbons (Fsp3) is 0.333. The lowest BCUT2D eigenvalue weighted by molar-refractivity contribution is 0.171. The molecule has 0 radical (unpaired) electrons. The number of benzene rings is 1. The van der Waals surface area contributed by atoms with Crippen molar-refractivity contribution in [1.29, 1.82) is 0 Å². The van der Waals surface area contributed by atoms with Gasteiger partial charge in [-0.25, -0.2) is 9.78 Å². The molecule has 0 fully saturated rings. The second-order valence-corrected chi connectivity index (χ2v) is 5.87. The molecule has 0 saturated carbocycles. The molecule has 0 atom stereocenters. The van der Waals surface area contributed by atoms with Crippen LogP contribution in [0.2, 0.25) is 0 Å². The fourth-order valence-corrected chi connectivity index (χ4v) is 2.63. The standard InChI is InChI=1S/C15H17BrN4O3/c16-11-8-13-14(23-7-6-22-13)9-12(11)19-15(21)18-2-1-4-20-5-3-17-10-20/h3,5,8-10H,1-2,4,6-7H2,(H2,18,19,21). The number of imidazole rings is 1. The van der Waals surface area contributed by atoms with Gasteiger partial charge in [0.15, 0.2) is 11.5 Å². The van der Waals surface area contributed by atoms with Crippen LogP contribution < -0.4 is 20.1 Å². The predicted molar refractivity (Wildman–Crippen MR) is 89.0 cm³/mol. The molecule has 0 bridgehead atoms. The van der Waals surface area contributed by atoms with Gasteiger partial charge in [-0.1, -0.05) is 0 Å². The first-order chi connectivity index (χ1) is 11.2. The molecule has 2 heterocycles. The Bertz CT molecular complexity index is 676. The van der Waals surface area contributed by atoms with Crippen LogP contribution in [0.25, 0.3) is 0 Å². The minimum atomic E-state index is -0.256. The number of hydrogen-bond acceptors (Lipinski definition) is 4. The Kier molecular flexibility index (Phi) is 5.02. The molecule has 1 aromatic carbocycles. The molecular formula is C15H17BrN4O3. The molecule has 2 N–H and O–H groups in total. The molecule has 0 spiro atoms. The first kappa shape index (κ1) is 15.7. The molecule has 0 aliphatic carbocycles. The molecule has 1 aliphatic heterocycles. The van der Waals surface area contributed by atoms with E-state index < -0.39 is 0 Å². The topological polar surface area (TPSA) is 77.4 Å². The van der Waals surface area contributed by atoms with Crippen LogP contribution in [-0.2, 0) is 6.54 Å². The van der Waals surface area contributed by atoms with E-state index in [0.717, 1.165) is 17.4 Å². The Labute approximate surface area is 142 Å². The summed E-state index contributed by atoms with van der Waals surface area (Å²) >= 11 is 3.42. The van der Waals surface area contributed by atoms with Gasteiger partial charge in [-0.3, -0.25) is 0 Å². The van der Waals surface area contributed by atoms with Crippen molar-refractivity contribution >= 4 is 27.6 Å². The number of aryl methyl sites for hydroxylation is 1. The Morgan fingerprint density at radius 3 is 2.83 bits per heavy atom. The maximum Gasteiger partial charge on any atom is 0.319 e. The summed E-state index contributed by atoms with van der Waals surface area (Å²) in [6.07, 6.45) is 6.21. The average Bonchev–Trinajstić information content (AvgIpc) is 3.06. The average molecular weight is 381 g/mol. The summed E-state index contributed by atoms with van der Waals surface area (Å²) in [5, 5.41) is 5.63. The van der Waals surface area contributed by atoms with E-state index in [1.165, 1.54) is 0 Å². The summed E-state index contributed by atoms with van der Waals surface area (Å²) in [4.78, 5) is 15.9. The molecule has 1 aliphatic rings. The highest BCUT2D eigenvalue weighted by molar-refractivity contribution is 9.10. The normalized spacial score (nSPS) is 12.7. The van der Waals surface area contributed by atoms with Crippen molar-refractivity contribution in [1.82, 2.24) is 14.9 Å². The van der Waals surface area contributed by atoms with Crippen LogP contribution in [-0.4, -0.2) is 35.3 Å². The molecule has 7 nitrogen and oxygen atoms in total. The highest BCUT2D eigenvalue weighted by Gasteiger charge is 2.15. The third kappa shape index (κ3) is 4.16. The van der Waals surface area contributed by atoms with E-state index in [1.807, 2.05) is 10.8 Å². The SMILES string of the molecule is O=C(NCCCn1ccnc1)Nc1cc2c(cc1Br)OCCO2. The summed E-state index contributed by atoms with van der Waals surface area (Å²) < 4.78 is 13.7. The molecule has 23 heavy (non-hydrogen) atoms. The number of aromatic nitrogens is 2. The molecule has 1 aromatic heterocycles. The molecule has 2 aromatic rings. The Balaban J connectivity index is 1.49. The number of halogens is 1. The first-order valence-electron chi connectivity index (χ1n) is 7.32. The van der Waals surface area contributed by atoms with Crippen molar-refractivity contribution in [2.45, 2.75) is 13.0 Å². The second kappa shape index (κ2) is 7.36. The van der Waals surface area contributed by atoms with E-state index in [0.29, 0.717) is 36.9 Å². The molecule has 8 heteroatoms. The van der Waals surface area contributed by atoms with Crippen LogP contribution in [0.5, 0.6) is 11.5 Å². The monoisotopic (exact) mass is 380 g/mol. The number of anilines is 1. The third-order valence-electron chi connectivity index (χ3n) is 3.32. The minimum Gasteiger partial charge on any atom is -0.486 e. The summed E-state index contributed by atoms with van der Waals surface area (Å²) in [5.74, 6) is 1.31. The lowest BCUT2D eigenvalue weighted by Gasteiger charge is -2.20. The lowest BCUT2D eigenvalue weighted by atomic mass is 10.2. The lowest BCUT2D eigenvalue weighted by Crippen LogP contribution is -2.30. The van der Waals surface area contributed by atoms with E-state index in [1.54, 1.807) is 24.7 Å². The number of carbonyl (C=O) groups is 1. The van der Waals surface area contributed by atoms with Gasteiger partial charge in [-0.05, 0) is 22.4 Å². The van der Waals surface area contributed by atoms with E-state index in [2.05, 4.69) is 31.5 Å². The van der Waals surface area contributed by atoms with Gasteiger partial charge in [0.2, 0.25) is 0 Å². The fourth-order valence-electron chi connectivity index (χ4n) is 2.21. The van der Waals surface area contributed by atoms with Crippen LogP contribution in [0.3, 0.4) is 0 Å². The van der Waals surface area contributed by atoms with Gasteiger partial charge in [0.25, 0.3) is 0 Å². The molecule has 3 rings (SSSR count). The number of nitrogens with one attached hydrogen (secondary N) is 2. The van der Waals surface area contributed by atoms with E-state index in [-0.39, 0.29) is 6.03 Å². The van der Waals surface area contributed by atoms with Crippen molar-refractivity contribution in [3.05, 3.63) is 35.3 Å². The third-order valence-corrected chi connectivity index (χ3v) is 3.97. The number of urea groups is 1. The predicted octanol–water partition coefficient (Wildman–Crippen LogP) is 2.63. The number of rotatable bonds is 5. The van der Waals surface area contributed by atoms with Gasteiger partial charge in [-0.2, -0.15) is 0 Å². The van der Waals surface area contributed by atoms with Gasteiger partial charge in [0.05, 0.1) is 12.0 Å². The van der Waals surface area contributed by atoms with Crippen molar-refractivity contribution in [2.24, 2.45) is 0 Å². The number of amides is 2. The smallest absolute Gasteiger partial charge is 0.319 e. The zero-order chi connectivity index (χ0) is 16.1. The number of carbonyl (C=O) groups excluding carboxylic acids is 1. The van der Waals surface area contributed by atoms with Crippen LogP contribution in [0.1, 0.15) is 6.42 Å².